The Balaban J connectivity index is 1.62. The molecule has 0 radical (unpaired) electrons. The Bertz CT molecular complexity index is 654. The van der Waals surface area contributed by atoms with E-state index in [4.69, 9.17) is 11.6 Å². The lowest BCUT2D eigenvalue weighted by molar-refractivity contribution is 0.373. The van der Waals surface area contributed by atoms with Crippen molar-refractivity contribution in [3.63, 3.8) is 0 Å². The van der Waals surface area contributed by atoms with Gasteiger partial charge in [-0.05, 0) is 58.5 Å². The number of hydrogen-bond donors (Lipinski definition) is 1. The number of rotatable bonds is 3. The van der Waals surface area contributed by atoms with Crippen LogP contribution in [0.4, 0.5) is 14.5 Å². The van der Waals surface area contributed by atoms with Crippen molar-refractivity contribution < 1.29 is 8.78 Å². The molecule has 5 heteroatoms. The van der Waals surface area contributed by atoms with Gasteiger partial charge in [-0.25, -0.2) is 8.78 Å². The van der Waals surface area contributed by atoms with Crippen molar-refractivity contribution in [1.82, 2.24) is 0 Å². The maximum Gasteiger partial charge on any atom is 0.149 e. The molecule has 0 aliphatic heterocycles. The zero-order chi connectivity index (χ0) is 15.0. The van der Waals surface area contributed by atoms with Crippen LogP contribution in [0.25, 0.3) is 0 Å². The molecule has 0 atom stereocenters. The van der Waals surface area contributed by atoms with Crippen LogP contribution in [0.1, 0.15) is 24.3 Å². The summed E-state index contributed by atoms with van der Waals surface area (Å²) in [5.74, 6) is -0.692. The van der Waals surface area contributed by atoms with Crippen molar-refractivity contribution >= 4 is 33.2 Å². The maximum absolute atomic E-state index is 13.7. The van der Waals surface area contributed by atoms with Crippen LogP contribution in [0, 0.1) is 11.6 Å². The molecule has 1 nitrogen and oxygen atoms in total. The van der Waals surface area contributed by atoms with Gasteiger partial charge in [0.05, 0.1) is 10.2 Å². The summed E-state index contributed by atoms with van der Waals surface area (Å²) >= 11 is 8.94. The number of halogens is 4. The van der Waals surface area contributed by atoms with Crippen molar-refractivity contribution in [2.75, 3.05) is 5.32 Å². The lowest BCUT2D eigenvalue weighted by atomic mass is 9.76. The molecule has 1 N–H and O–H groups in total. The van der Waals surface area contributed by atoms with Gasteiger partial charge in [-0.1, -0.05) is 23.7 Å². The molecule has 2 aromatic rings. The second-order valence-electron chi connectivity index (χ2n) is 5.31. The third kappa shape index (κ3) is 3.22. The van der Waals surface area contributed by atoms with Crippen LogP contribution < -0.4 is 5.32 Å². The van der Waals surface area contributed by atoms with Gasteiger partial charge in [0.2, 0.25) is 0 Å². The third-order valence-electron chi connectivity index (χ3n) is 3.85. The van der Waals surface area contributed by atoms with Gasteiger partial charge in [0.15, 0.2) is 0 Å². The largest absolute Gasteiger partial charge is 0.380 e. The highest BCUT2D eigenvalue weighted by Crippen LogP contribution is 2.39. The molecular formula is C16H13BrClF2N. The average Bonchev–Trinajstić information content (AvgIpc) is 2.40. The second kappa shape index (κ2) is 5.93. The van der Waals surface area contributed by atoms with Gasteiger partial charge >= 0.3 is 0 Å². The van der Waals surface area contributed by atoms with Crippen molar-refractivity contribution in [2.24, 2.45) is 0 Å². The van der Waals surface area contributed by atoms with Gasteiger partial charge in [0.1, 0.15) is 11.6 Å². The quantitative estimate of drug-likeness (QED) is 0.678. The highest BCUT2D eigenvalue weighted by atomic mass is 79.9. The molecule has 3 rings (SSSR count). The molecule has 1 fully saturated rings. The standard InChI is InChI=1S/C16H13BrClF2N/c17-13-7-16(15(20)8-14(13)19)21-12-5-10(6-12)9-1-3-11(18)4-2-9/h1-4,7-8,10,12,21H,5-6H2. The fourth-order valence-corrected chi connectivity index (χ4v) is 3.07. The first-order valence-corrected chi connectivity index (χ1v) is 7.86. The summed E-state index contributed by atoms with van der Waals surface area (Å²) < 4.78 is 27.1. The minimum absolute atomic E-state index is 0.206. The van der Waals surface area contributed by atoms with Crippen LogP contribution in [-0.4, -0.2) is 6.04 Å². The molecular weight excluding hydrogens is 360 g/mol. The Kier molecular flexibility index (Phi) is 4.18. The number of hydrogen-bond acceptors (Lipinski definition) is 1. The highest BCUT2D eigenvalue weighted by molar-refractivity contribution is 9.10. The molecule has 2 aromatic carbocycles. The van der Waals surface area contributed by atoms with Gasteiger partial charge in [-0.2, -0.15) is 0 Å². The van der Waals surface area contributed by atoms with Crippen LogP contribution >= 0.6 is 27.5 Å². The monoisotopic (exact) mass is 371 g/mol. The van der Waals surface area contributed by atoms with E-state index >= 15 is 0 Å². The van der Waals surface area contributed by atoms with E-state index in [1.54, 1.807) is 0 Å². The van der Waals surface area contributed by atoms with Gasteiger partial charge in [0.25, 0.3) is 0 Å². The van der Waals surface area contributed by atoms with Gasteiger partial charge in [-0.15, -0.1) is 0 Å². The maximum atomic E-state index is 13.7. The molecule has 0 unspecified atom stereocenters. The molecule has 0 aromatic heterocycles. The Morgan fingerprint density at radius 1 is 1.05 bits per heavy atom. The smallest absolute Gasteiger partial charge is 0.149 e. The van der Waals surface area contributed by atoms with E-state index in [0.717, 1.165) is 23.9 Å². The lowest BCUT2D eigenvalue weighted by Gasteiger charge is -2.37. The van der Waals surface area contributed by atoms with E-state index in [9.17, 15) is 8.78 Å². The molecule has 0 saturated heterocycles. The molecule has 1 aliphatic rings. The van der Waals surface area contributed by atoms with E-state index in [1.807, 2.05) is 24.3 Å². The van der Waals surface area contributed by atoms with E-state index in [1.165, 1.54) is 11.6 Å². The lowest BCUT2D eigenvalue weighted by Crippen LogP contribution is -2.34. The Hall–Kier alpha value is -1.13. The fraction of sp³-hybridized carbons (Fsp3) is 0.250. The summed E-state index contributed by atoms with van der Waals surface area (Å²) in [5.41, 5.74) is 1.58. The summed E-state index contributed by atoms with van der Waals surface area (Å²) in [7, 11) is 0. The summed E-state index contributed by atoms with van der Waals surface area (Å²) in [5, 5.41) is 3.86. The first-order chi connectivity index (χ1) is 10.0. The van der Waals surface area contributed by atoms with E-state index in [-0.39, 0.29) is 10.5 Å². The second-order valence-corrected chi connectivity index (χ2v) is 6.60. The average molecular weight is 373 g/mol. The van der Waals surface area contributed by atoms with Crippen molar-refractivity contribution in [2.45, 2.75) is 24.8 Å². The van der Waals surface area contributed by atoms with E-state index < -0.39 is 11.6 Å². The number of anilines is 1. The van der Waals surface area contributed by atoms with Crippen molar-refractivity contribution in [1.29, 1.82) is 0 Å². The zero-order valence-electron chi connectivity index (χ0n) is 11.0. The summed E-state index contributed by atoms with van der Waals surface area (Å²) in [6.45, 7) is 0. The minimum atomic E-state index is -0.592. The van der Waals surface area contributed by atoms with Crippen molar-refractivity contribution in [3.05, 3.63) is 63.1 Å². The Morgan fingerprint density at radius 3 is 2.38 bits per heavy atom. The third-order valence-corrected chi connectivity index (χ3v) is 4.71. The predicted octanol–water partition coefficient (Wildman–Crippen LogP) is 5.74. The molecule has 110 valence electrons. The van der Waals surface area contributed by atoms with Crippen LogP contribution in [0.5, 0.6) is 0 Å². The Morgan fingerprint density at radius 2 is 1.71 bits per heavy atom. The highest BCUT2D eigenvalue weighted by Gasteiger charge is 2.30. The van der Waals surface area contributed by atoms with Crippen LogP contribution in [0.2, 0.25) is 5.02 Å². The zero-order valence-corrected chi connectivity index (χ0v) is 13.4. The van der Waals surface area contributed by atoms with Crippen molar-refractivity contribution in [3.8, 4) is 0 Å². The molecule has 0 heterocycles. The predicted molar refractivity (Wildman–Crippen MR) is 84.9 cm³/mol. The normalized spacial score (nSPS) is 21.0. The summed E-state index contributed by atoms with van der Waals surface area (Å²) in [6, 6.07) is 10.4. The molecule has 0 amide bonds. The molecule has 1 aliphatic carbocycles. The fourth-order valence-electron chi connectivity index (χ4n) is 2.60. The van der Waals surface area contributed by atoms with Gasteiger partial charge in [0, 0.05) is 17.1 Å². The van der Waals surface area contributed by atoms with E-state index in [0.29, 0.717) is 11.6 Å². The summed E-state index contributed by atoms with van der Waals surface area (Å²) in [4.78, 5) is 0. The van der Waals surface area contributed by atoms with Gasteiger partial charge in [-0.3, -0.25) is 0 Å². The molecule has 0 bridgehead atoms. The van der Waals surface area contributed by atoms with Crippen LogP contribution in [0.3, 0.4) is 0 Å². The Labute approximate surface area is 135 Å². The molecule has 0 spiro atoms. The van der Waals surface area contributed by atoms with Gasteiger partial charge < -0.3 is 5.32 Å². The molecule has 1 saturated carbocycles. The first kappa shape index (κ1) is 14.8. The first-order valence-electron chi connectivity index (χ1n) is 6.69. The van der Waals surface area contributed by atoms with Crippen LogP contribution in [0.15, 0.2) is 40.9 Å². The topological polar surface area (TPSA) is 12.0 Å². The van der Waals surface area contributed by atoms with Crippen LogP contribution in [-0.2, 0) is 0 Å². The SMILES string of the molecule is Fc1cc(F)c(NC2CC(c3ccc(Cl)cc3)C2)cc1Br. The minimum Gasteiger partial charge on any atom is -0.380 e. The summed E-state index contributed by atoms with van der Waals surface area (Å²) in [6.07, 6.45) is 1.85. The number of benzene rings is 2. The molecule has 21 heavy (non-hydrogen) atoms. The number of nitrogens with one attached hydrogen (secondary N) is 1. The van der Waals surface area contributed by atoms with E-state index in [2.05, 4.69) is 21.2 Å².